The van der Waals surface area contributed by atoms with Crippen molar-refractivity contribution in [1.29, 1.82) is 0 Å². The first kappa shape index (κ1) is 8.60. The lowest BCUT2D eigenvalue weighted by atomic mass is 10.2. The van der Waals surface area contributed by atoms with Crippen LogP contribution in [0.1, 0.15) is 0 Å². The molecule has 0 N–H and O–H groups in total. The van der Waals surface area contributed by atoms with Crippen LogP contribution in [0.3, 0.4) is 0 Å². The highest BCUT2D eigenvalue weighted by Crippen LogP contribution is 2.23. The van der Waals surface area contributed by atoms with Gasteiger partial charge in [0, 0.05) is 16.7 Å². The van der Waals surface area contributed by atoms with E-state index in [1.807, 2.05) is 12.1 Å². The van der Waals surface area contributed by atoms with Crippen molar-refractivity contribution in [3.05, 3.63) is 40.6 Å². The molecule has 0 amide bonds. The summed E-state index contributed by atoms with van der Waals surface area (Å²) in [7, 11) is 0. The van der Waals surface area contributed by atoms with Crippen LogP contribution in [0.15, 0.2) is 34.9 Å². The second kappa shape index (κ2) is 3.40. The van der Waals surface area contributed by atoms with E-state index in [2.05, 4.69) is 5.16 Å². The van der Waals surface area contributed by atoms with Crippen molar-refractivity contribution in [2.24, 2.45) is 0 Å². The van der Waals surface area contributed by atoms with Crippen LogP contribution in [0.5, 0.6) is 0 Å². The van der Waals surface area contributed by atoms with Crippen molar-refractivity contribution in [1.82, 2.24) is 5.16 Å². The minimum absolute atomic E-state index is 0.273. The van der Waals surface area contributed by atoms with Gasteiger partial charge in [-0.25, -0.2) is 0 Å². The SMILES string of the molecule is Clc1cccc(-c2cc(Cl)on2)c1. The van der Waals surface area contributed by atoms with Crippen LogP contribution in [0, 0.1) is 0 Å². The van der Waals surface area contributed by atoms with Crippen LogP contribution in [0.2, 0.25) is 10.2 Å². The van der Waals surface area contributed by atoms with Crippen LogP contribution >= 0.6 is 23.2 Å². The lowest BCUT2D eigenvalue weighted by Gasteiger charge is -1.94. The van der Waals surface area contributed by atoms with E-state index in [-0.39, 0.29) is 5.22 Å². The Morgan fingerprint density at radius 3 is 2.62 bits per heavy atom. The molecule has 2 aromatic rings. The topological polar surface area (TPSA) is 26.0 Å². The zero-order valence-corrected chi connectivity index (χ0v) is 8.01. The fourth-order valence-corrected chi connectivity index (χ4v) is 1.36. The number of benzene rings is 1. The Morgan fingerprint density at radius 1 is 1.15 bits per heavy atom. The number of nitrogens with zero attached hydrogens (tertiary/aromatic N) is 1. The van der Waals surface area contributed by atoms with Gasteiger partial charge in [-0.1, -0.05) is 28.9 Å². The van der Waals surface area contributed by atoms with Crippen LogP contribution < -0.4 is 0 Å². The summed E-state index contributed by atoms with van der Waals surface area (Å²) in [4.78, 5) is 0. The minimum Gasteiger partial charge on any atom is -0.344 e. The van der Waals surface area contributed by atoms with Crippen LogP contribution in [-0.2, 0) is 0 Å². The average Bonchev–Trinajstić information content (AvgIpc) is 2.52. The largest absolute Gasteiger partial charge is 0.344 e. The molecule has 1 aromatic heterocycles. The van der Waals surface area contributed by atoms with E-state index in [1.165, 1.54) is 0 Å². The summed E-state index contributed by atoms with van der Waals surface area (Å²) >= 11 is 11.4. The molecule has 0 aliphatic rings. The van der Waals surface area contributed by atoms with Gasteiger partial charge in [-0.05, 0) is 23.7 Å². The number of rotatable bonds is 1. The molecule has 1 aromatic carbocycles. The average molecular weight is 214 g/mol. The smallest absolute Gasteiger partial charge is 0.226 e. The van der Waals surface area contributed by atoms with E-state index in [0.717, 1.165) is 5.56 Å². The molecule has 0 saturated carbocycles. The molecule has 2 rings (SSSR count). The second-order valence-corrected chi connectivity index (χ2v) is 3.34. The van der Waals surface area contributed by atoms with Gasteiger partial charge in [-0.3, -0.25) is 0 Å². The molecule has 0 aliphatic heterocycles. The predicted molar refractivity (Wildman–Crippen MR) is 52.0 cm³/mol. The third kappa shape index (κ3) is 1.85. The monoisotopic (exact) mass is 213 g/mol. The van der Waals surface area contributed by atoms with Gasteiger partial charge in [0.25, 0.3) is 0 Å². The summed E-state index contributed by atoms with van der Waals surface area (Å²) < 4.78 is 4.73. The van der Waals surface area contributed by atoms with E-state index in [4.69, 9.17) is 27.7 Å². The molecule has 0 radical (unpaired) electrons. The molecule has 0 bridgehead atoms. The summed E-state index contributed by atoms with van der Waals surface area (Å²) in [6.07, 6.45) is 0. The normalized spacial score (nSPS) is 10.3. The van der Waals surface area contributed by atoms with Crippen LogP contribution in [0.4, 0.5) is 0 Å². The Balaban J connectivity index is 2.46. The highest BCUT2D eigenvalue weighted by molar-refractivity contribution is 6.31. The van der Waals surface area contributed by atoms with E-state index in [1.54, 1.807) is 18.2 Å². The summed E-state index contributed by atoms with van der Waals surface area (Å²) in [6.45, 7) is 0. The summed E-state index contributed by atoms with van der Waals surface area (Å²) in [6, 6.07) is 8.98. The molecule has 4 heteroatoms. The highest BCUT2D eigenvalue weighted by Gasteiger charge is 2.04. The molecule has 0 spiro atoms. The third-order valence-corrected chi connectivity index (χ3v) is 2.01. The van der Waals surface area contributed by atoms with Crippen LogP contribution in [0.25, 0.3) is 11.3 Å². The zero-order valence-electron chi connectivity index (χ0n) is 6.50. The van der Waals surface area contributed by atoms with Crippen molar-refractivity contribution in [2.45, 2.75) is 0 Å². The molecule has 0 saturated heterocycles. The van der Waals surface area contributed by atoms with Crippen molar-refractivity contribution in [2.75, 3.05) is 0 Å². The maximum atomic E-state index is 5.81. The van der Waals surface area contributed by atoms with Gasteiger partial charge >= 0.3 is 0 Å². The lowest BCUT2D eigenvalue weighted by Crippen LogP contribution is -1.75. The van der Waals surface area contributed by atoms with Gasteiger partial charge in [-0.2, -0.15) is 0 Å². The molecule has 0 unspecified atom stereocenters. The Morgan fingerprint density at radius 2 is 2.00 bits per heavy atom. The molecular formula is C9H5Cl2NO. The summed E-state index contributed by atoms with van der Waals surface area (Å²) in [5.74, 6) is 0. The Bertz CT molecular complexity index is 425. The standard InChI is InChI=1S/C9H5Cl2NO/c10-7-3-1-2-6(4-7)8-5-9(11)13-12-8/h1-5H. The zero-order chi connectivity index (χ0) is 9.26. The van der Waals surface area contributed by atoms with Gasteiger partial charge in [0.15, 0.2) is 0 Å². The van der Waals surface area contributed by atoms with Gasteiger partial charge in [0.1, 0.15) is 5.69 Å². The second-order valence-electron chi connectivity index (χ2n) is 2.53. The minimum atomic E-state index is 0.273. The van der Waals surface area contributed by atoms with Crippen molar-refractivity contribution in [3.8, 4) is 11.3 Å². The summed E-state index contributed by atoms with van der Waals surface area (Å²) in [5, 5.41) is 4.70. The van der Waals surface area contributed by atoms with Crippen LogP contribution in [-0.4, -0.2) is 5.16 Å². The number of halogens is 2. The molecule has 0 atom stereocenters. The maximum absolute atomic E-state index is 5.81. The Labute approximate surface area is 85.1 Å². The van der Waals surface area contributed by atoms with Gasteiger partial charge < -0.3 is 4.52 Å². The lowest BCUT2D eigenvalue weighted by molar-refractivity contribution is 0.424. The number of hydrogen-bond donors (Lipinski definition) is 0. The molecular weight excluding hydrogens is 209 g/mol. The predicted octanol–water partition coefficient (Wildman–Crippen LogP) is 3.65. The third-order valence-electron chi connectivity index (χ3n) is 1.60. The van der Waals surface area contributed by atoms with E-state index in [9.17, 15) is 0 Å². The fraction of sp³-hybridized carbons (Fsp3) is 0. The Hall–Kier alpha value is -0.990. The first-order chi connectivity index (χ1) is 6.25. The summed E-state index contributed by atoms with van der Waals surface area (Å²) in [5.41, 5.74) is 1.58. The fourth-order valence-electron chi connectivity index (χ4n) is 1.04. The molecule has 2 nitrogen and oxygen atoms in total. The number of hydrogen-bond acceptors (Lipinski definition) is 2. The van der Waals surface area contributed by atoms with Gasteiger partial charge in [0.05, 0.1) is 0 Å². The van der Waals surface area contributed by atoms with E-state index >= 15 is 0 Å². The molecule has 1 heterocycles. The van der Waals surface area contributed by atoms with E-state index in [0.29, 0.717) is 10.7 Å². The number of aromatic nitrogens is 1. The first-order valence-electron chi connectivity index (χ1n) is 3.64. The quantitative estimate of drug-likeness (QED) is 0.723. The van der Waals surface area contributed by atoms with Crippen molar-refractivity contribution >= 4 is 23.2 Å². The molecule has 0 aliphatic carbocycles. The van der Waals surface area contributed by atoms with Gasteiger partial charge in [-0.15, -0.1) is 0 Å². The van der Waals surface area contributed by atoms with Gasteiger partial charge in [0.2, 0.25) is 5.22 Å². The Kier molecular flexibility index (Phi) is 2.25. The van der Waals surface area contributed by atoms with Crippen molar-refractivity contribution < 1.29 is 4.52 Å². The maximum Gasteiger partial charge on any atom is 0.226 e. The first-order valence-corrected chi connectivity index (χ1v) is 4.39. The molecule has 0 fully saturated rings. The highest BCUT2D eigenvalue weighted by atomic mass is 35.5. The van der Waals surface area contributed by atoms with E-state index < -0.39 is 0 Å². The molecule has 13 heavy (non-hydrogen) atoms. The van der Waals surface area contributed by atoms with Crippen molar-refractivity contribution in [3.63, 3.8) is 0 Å². The molecule has 66 valence electrons.